The number of thioether (sulfide) groups is 1. The van der Waals surface area contributed by atoms with Crippen molar-refractivity contribution in [1.82, 2.24) is 20.4 Å². The minimum atomic E-state index is -0.406. The molecule has 176 valence electrons. The smallest absolute Gasteiger partial charge is 0.322 e. The van der Waals surface area contributed by atoms with Crippen molar-refractivity contribution in [1.29, 1.82) is 0 Å². The molecule has 0 spiro atoms. The number of benzene rings is 3. The van der Waals surface area contributed by atoms with E-state index in [2.05, 4.69) is 22.6 Å². The number of rotatable bonds is 6. The molecule has 1 atom stereocenters. The van der Waals surface area contributed by atoms with Crippen molar-refractivity contribution in [2.24, 2.45) is 0 Å². The largest absolute Gasteiger partial charge is 0.334 e. The Labute approximate surface area is 209 Å². The van der Waals surface area contributed by atoms with E-state index in [1.165, 1.54) is 0 Å². The maximum absolute atomic E-state index is 13.3. The molecule has 35 heavy (non-hydrogen) atoms. The molecule has 1 N–H and O–H groups in total. The fraction of sp³-hybridized carbons (Fsp3) is 0.179. The zero-order valence-electron chi connectivity index (χ0n) is 19.9. The van der Waals surface area contributed by atoms with Crippen molar-refractivity contribution >= 4 is 23.4 Å². The van der Waals surface area contributed by atoms with Gasteiger partial charge >= 0.3 is 6.03 Å². The van der Waals surface area contributed by atoms with Crippen molar-refractivity contribution < 1.29 is 9.32 Å². The van der Waals surface area contributed by atoms with Crippen LogP contribution in [0.3, 0.4) is 0 Å². The summed E-state index contributed by atoms with van der Waals surface area (Å²) in [6.07, 6.45) is 2.04. The minimum absolute atomic E-state index is 0.160. The molecule has 7 heteroatoms. The Bertz CT molecular complexity index is 1360. The first-order valence-electron chi connectivity index (χ1n) is 11.4. The quantitative estimate of drug-likeness (QED) is 0.319. The van der Waals surface area contributed by atoms with Crippen molar-refractivity contribution in [2.45, 2.75) is 31.3 Å². The Morgan fingerprint density at radius 1 is 0.971 bits per heavy atom. The second-order valence-electron chi connectivity index (χ2n) is 8.52. The molecule has 5 rings (SSSR count). The monoisotopic (exact) mass is 482 g/mol. The van der Waals surface area contributed by atoms with E-state index in [1.54, 1.807) is 16.7 Å². The van der Waals surface area contributed by atoms with Crippen molar-refractivity contribution in [3.05, 3.63) is 107 Å². The summed E-state index contributed by atoms with van der Waals surface area (Å²) >= 11 is 1.68. The van der Waals surface area contributed by atoms with Crippen LogP contribution in [-0.2, 0) is 6.54 Å². The van der Waals surface area contributed by atoms with Gasteiger partial charge in [0.25, 0.3) is 5.89 Å². The maximum atomic E-state index is 13.3. The number of nitrogens with one attached hydrogen (secondary N) is 1. The summed E-state index contributed by atoms with van der Waals surface area (Å²) < 4.78 is 5.79. The van der Waals surface area contributed by atoms with Crippen LogP contribution in [0, 0.1) is 6.92 Å². The van der Waals surface area contributed by atoms with Crippen LogP contribution in [0.15, 0.2) is 94.0 Å². The molecule has 1 aliphatic heterocycles. The summed E-state index contributed by atoms with van der Waals surface area (Å²) in [5, 5.41) is 7.42. The van der Waals surface area contributed by atoms with Crippen molar-refractivity contribution in [2.75, 3.05) is 6.26 Å². The molecule has 0 fully saturated rings. The van der Waals surface area contributed by atoms with Gasteiger partial charge in [-0.1, -0.05) is 77.5 Å². The Morgan fingerprint density at radius 2 is 1.69 bits per heavy atom. The van der Waals surface area contributed by atoms with Gasteiger partial charge in [-0.05, 0) is 43.4 Å². The molecule has 6 nitrogen and oxygen atoms in total. The Balaban J connectivity index is 1.58. The second-order valence-corrected chi connectivity index (χ2v) is 9.40. The number of carbonyl (C=O) groups excluding carboxylic acids is 1. The zero-order valence-corrected chi connectivity index (χ0v) is 20.7. The molecule has 3 aromatic carbocycles. The lowest BCUT2D eigenvalue weighted by atomic mass is 9.94. The average molecular weight is 483 g/mol. The van der Waals surface area contributed by atoms with E-state index in [-0.39, 0.29) is 6.03 Å². The first-order chi connectivity index (χ1) is 17.0. The summed E-state index contributed by atoms with van der Waals surface area (Å²) in [5.74, 6) is 0.915. The highest BCUT2D eigenvalue weighted by Crippen LogP contribution is 2.38. The van der Waals surface area contributed by atoms with E-state index in [4.69, 9.17) is 9.51 Å². The van der Waals surface area contributed by atoms with Crippen LogP contribution in [0.4, 0.5) is 4.79 Å². The average Bonchev–Trinajstić information content (AvgIpc) is 3.37. The maximum Gasteiger partial charge on any atom is 0.322 e. The van der Waals surface area contributed by atoms with Gasteiger partial charge in [-0.3, -0.25) is 4.90 Å². The highest BCUT2D eigenvalue weighted by atomic mass is 32.2. The van der Waals surface area contributed by atoms with Crippen molar-refractivity contribution in [3.63, 3.8) is 0 Å². The summed E-state index contributed by atoms with van der Waals surface area (Å²) in [6.45, 7) is 4.42. The van der Waals surface area contributed by atoms with Crippen LogP contribution in [0.5, 0.6) is 0 Å². The van der Waals surface area contributed by atoms with E-state index >= 15 is 0 Å². The number of aryl methyl sites for hydroxylation is 1. The van der Waals surface area contributed by atoms with Gasteiger partial charge in [-0.15, -0.1) is 11.8 Å². The van der Waals surface area contributed by atoms with Crippen LogP contribution < -0.4 is 5.32 Å². The van der Waals surface area contributed by atoms with E-state index in [0.717, 1.165) is 38.4 Å². The minimum Gasteiger partial charge on any atom is -0.334 e. The van der Waals surface area contributed by atoms with Gasteiger partial charge in [0.05, 0.1) is 18.2 Å². The van der Waals surface area contributed by atoms with Gasteiger partial charge in [-0.25, -0.2) is 4.79 Å². The van der Waals surface area contributed by atoms with Gasteiger partial charge in [0.2, 0.25) is 5.82 Å². The molecule has 0 radical (unpaired) electrons. The molecule has 0 bridgehead atoms. The first-order valence-corrected chi connectivity index (χ1v) is 12.6. The summed E-state index contributed by atoms with van der Waals surface area (Å²) in [7, 11) is 0. The standard InChI is InChI=1S/C28H26N4O2S/c1-18-9-11-22(12-10-18)26-30-27(34-31-26)24-19(2)32(17-20-7-5-4-6-8-20)28(33)29-25(24)21-13-15-23(35-3)16-14-21/h4-16,25H,17H2,1-3H3,(H,29,33). The fourth-order valence-electron chi connectivity index (χ4n) is 4.21. The van der Waals surface area contributed by atoms with E-state index in [9.17, 15) is 4.79 Å². The normalized spacial score (nSPS) is 15.9. The van der Waals surface area contributed by atoms with E-state index in [1.807, 2.05) is 86.8 Å². The second kappa shape index (κ2) is 9.80. The van der Waals surface area contributed by atoms with Gasteiger partial charge in [0.15, 0.2) is 0 Å². The van der Waals surface area contributed by atoms with Crippen LogP contribution in [-0.4, -0.2) is 27.3 Å². The lowest BCUT2D eigenvalue weighted by Crippen LogP contribution is -2.45. The molecule has 2 heterocycles. The fourth-order valence-corrected chi connectivity index (χ4v) is 4.62. The lowest BCUT2D eigenvalue weighted by molar-refractivity contribution is 0.203. The number of allylic oxidation sites excluding steroid dienone is 1. The van der Waals surface area contributed by atoms with Gasteiger partial charge in [-0.2, -0.15) is 4.98 Å². The van der Waals surface area contributed by atoms with Crippen LogP contribution >= 0.6 is 11.8 Å². The molecule has 2 amide bonds. The third kappa shape index (κ3) is 4.72. The molecule has 1 unspecified atom stereocenters. The highest BCUT2D eigenvalue weighted by molar-refractivity contribution is 7.98. The van der Waals surface area contributed by atoms with Crippen LogP contribution in [0.25, 0.3) is 17.0 Å². The third-order valence-corrected chi connectivity index (χ3v) is 6.94. The molecular formula is C28H26N4O2S. The Morgan fingerprint density at radius 3 is 2.37 bits per heavy atom. The SMILES string of the molecule is CSc1ccc(C2NC(=O)N(Cc3ccccc3)C(C)=C2c2nc(-c3ccc(C)cc3)no2)cc1. The Hall–Kier alpha value is -3.84. The van der Waals surface area contributed by atoms with Crippen molar-refractivity contribution in [3.8, 4) is 11.4 Å². The molecule has 1 aromatic heterocycles. The number of nitrogens with zero attached hydrogens (tertiary/aromatic N) is 3. The predicted molar refractivity (Wildman–Crippen MR) is 139 cm³/mol. The number of hydrogen-bond acceptors (Lipinski definition) is 5. The number of carbonyl (C=O) groups is 1. The third-order valence-electron chi connectivity index (χ3n) is 6.20. The van der Waals surface area contributed by atoms with E-state index < -0.39 is 6.04 Å². The number of aromatic nitrogens is 2. The van der Waals surface area contributed by atoms with Gasteiger partial charge < -0.3 is 9.84 Å². The summed E-state index contributed by atoms with van der Waals surface area (Å²) in [6, 6.07) is 25.6. The van der Waals surface area contributed by atoms with E-state index in [0.29, 0.717) is 18.3 Å². The van der Waals surface area contributed by atoms with Gasteiger partial charge in [0, 0.05) is 16.2 Å². The predicted octanol–water partition coefficient (Wildman–Crippen LogP) is 6.46. The van der Waals surface area contributed by atoms with Gasteiger partial charge in [0.1, 0.15) is 0 Å². The van der Waals surface area contributed by atoms with Crippen LogP contribution in [0.1, 0.15) is 35.5 Å². The number of hydrogen-bond donors (Lipinski definition) is 1. The topological polar surface area (TPSA) is 71.3 Å². The molecule has 4 aromatic rings. The summed E-state index contributed by atoms with van der Waals surface area (Å²) in [5.41, 5.74) is 5.62. The lowest BCUT2D eigenvalue weighted by Gasteiger charge is -2.35. The summed E-state index contributed by atoms with van der Waals surface area (Å²) in [4.78, 5) is 20.9. The molecule has 1 aliphatic rings. The highest BCUT2D eigenvalue weighted by Gasteiger charge is 2.35. The van der Waals surface area contributed by atoms with Crippen LogP contribution in [0.2, 0.25) is 0 Å². The Kier molecular flexibility index (Phi) is 6.42. The molecule has 0 saturated carbocycles. The molecule has 0 saturated heterocycles. The number of urea groups is 1. The molecular weight excluding hydrogens is 456 g/mol. The zero-order chi connectivity index (χ0) is 24.4. The molecule has 0 aliphatic carbocycles. The number of amides is 2. The first kappa shape index (κ1) is 22.9.